The van der Waals surface area contributed by atoms with E-state index in [1.807, 2.05) is 24.3 Å². The average Bonchev–Trinajstić information content (AvgIpc) is 2.37. The molecule has 2 rings (SSSR count). The van der Waals surface area contributed by atoms with E-state index in [1.165, 1.54) is 26.4 Å². The minimum absolute atomic E-state index is 0.258. The summed E-state index contributed by atoms with van der Waals surface area (Å²) in [5.74, 6) is -0.258. The monoisotopic (exact) mass is 247 g/mol. The first-order valence-corrected chi connectivity index (χ1v) is 6.62. The van der Waals surface area contributed by atoms with E-state index < -0.39 is 0 Å². The van der Waals surface area contributed by atoms with Gasteiger partial charge in [0.05, 0.1) is 12.7 Å². The second-order valence-corrected chi connectivity index (χ2v) is 4.99. The number of methoxy groups -OCH3 is 1. The Hall–Kier alpha value is -1.35. The molecule has 98 valence electrons. The molecule has 0 unspecified atom stereocenters. The molecule has 1 aromatic carbocycles. The second kappa shape index (κ2) is 5.53. The highest BCUT2D eigenvalue weighted by Crippen LogP contribution is 2.34. The summed E-state index contributed by atoms with van der Waals surface area (Å²) in [5.41, 5.74) is 1.98. The molecule has 3 heteroatoms. The molecule has 0 atom stereocenters. The summed E-state index contributed by atoms with van der Waals surface area (Å²) in [6.45, 7) is 2.96. The van der Waals surface area contributed by atoms with Crippen LogP contribution in [0.5, 0.6) is 0 Å². The molecule has 0 spiro atoms. The first-order valence-electron chi connectivity index (χ1n) is 6.62. The zero-order chi connectivity index (χ0) is 13.0. The molecule has 1 fully saturated rings. The second-order valence-electron chi connectivity index (χ2n) is 4.99. The quantitative estimate of drug-likeness (QED) is 0.813. The molecule has 0 bridgehead atoms. The highest BCUT2D eigenvalue weighted by atomic mass is 16.5. The molecular weight excluding hydrogens is 226 g/mol. The summed E-state index contributed by atoms with van der Waals surface area (Å²) < 4.78 is 4.81. The third kappa shape index (κ3) is 2.56. The lowest BCUT2D eigenvalue weighted by Gasteiger charge is -2.42. The Morgan fingerprint density at radius 3 is 2.67 bits per heavy atom. The van der Waals surface area contributed by atoms with Crippen LogP contribution in [0, 0.1) is 0 Å². The Kier molecular flexibility index (Phi) is 4.02. The Labute approximate surface area is 109 Å². The van der Waals surface area contributed by atoms with E-state index in [0.29, 0.717) is 11.1 Å². The molecule has 0 radical (unpaired) electrons. The normalized spacial score (nSPS) is 17.0. The van der Waals surface area contributed by atoms with Crippen molar-refractivity contribution in [2.75, 3.05) is 7.11 Å². The third-order valence-corrected chi connectivity index (χ3v) is 4.06. The summed E-state index contributed by atoms with van der Waals surface area (Å²) in [6.07, 6.45) is 4.93. The van der Waals surface area contributed by atoms with Crippen LogP contribution in [0.15, 0.2) is 24.3 Å². The van der Waals surface area contributed by atoms with Gasteiger partial charge in [-0.15, -0.1) is 0 Å². The predicted octanol–water partition coefficient (Wildman–Crippen LogP) is 2.90. The molecular formula is C15H21NO2. The van der Waals surface area contributed by atoms with Crippen molar-refractivity contribution in [2.24, 2.45) is 0 Å². The number of ether oxygens (including phenoxy) is 1. The van der Waals surface area contributed by atoms with Crippen molar-refractivity contribution < 1.29 is 9.53 Å². The predicted molar refractivity (Wildman–Crippen MR) is 71.5 cm³/mol. The maximum Gasteiger partial charge on any atom is 0.338 e. The van der Waals surface area contributed by atoms with Gasteiger partial charge in [0.2, 0.25) is 0 Å². The summed E-state index contributed by atoms with van der Waals surface area (Å²) in [5, 5.41) is 3.61. The molecule has 1 aromatic rings. The van der Waals surface area contributed by atoms with Gasteiger partial charge in [0.15, 0.2) is 0 Å². The van der Waals surface area contributed by atoms with Crippen LogP contribution in [-0.2, 0) is 11.3 Å². The maximum absolute atomic E-state index is 11.7. The summed E-state index contributed by atoms with van der Waals surface area (Å²) in [7, 11) is 1.42. The van der Waals surface area contributed by atoms with E-state index >= 15 is 0 Å². The van der Waals surface area contributed by atoms with Crippen LogP contribution < -0.4 is 5.32 Å². The van der Waals surface area contributed by atoms with Crippen molar-refractivity contribution in [3.8, 4) is 0 Å². The lowest BCUT2D eigenvalue weighted by atomic mass is 9.75. The largest absolute Gasteiger partial charge is 0.465 e. The zero-order valence-electron chi connectivity index (χ0n) is 11.2. The van der Waals surface area contributed by atoms with E-state index in [4.69, 9.17) is 4.74 Å². The van der Waals surface area contributed by atoms with E-state index in [2.05, 4.69) is 12.2 Å². The fourth-order valence-corrected chi connectivity index (χ4v) is 2.53. The molecule has 0 aliphatic heterocycles. The number of rotatable bonds is 5. The number of nitrogens with one attached hydrogen (secondary N) is 1. The van der Waals surface area contributed by atoms with Gasteiger partial charge in [0.1, 0.15) is 0 Å². The average molecular weight is 247 g/mol. The number of carbonyl (C=O) groups is 1. The molecule has 0 aromatic heterocycles. The van der Waals surface area contributed by atoms with Gasteiger partial charge >= 0.3 is 5.97 Å². The van der Waals surface area contributed by atoms with Crippen molar-refractivity contribution in [1.29, 1.82) is 0 Å². The molecule has 1 N–H and O–H groups in total. The van der Waals surface area contributed by atoms with E-state index in [0.717, 1.165) is 18.5 Å². The fourth-order valence-electron chi connectivity index (χ4n) is 2.53. The van der Waals surface area contributed by atoms with Crippen LogP contribution >= 0.6 is 0 Å². The van der Waals surface area contributed by atoms with Crippen LogP contribution in [0.25, 0.3) is 0 Å². The molecule has 18 heavy (non-hydrogen) atoms. The number of carbonyl (C=O) groups excluding carboxylic acids is 1. The molecule has 0 saturated heterocycles. The molecule has 1 aliphatic rings. The SMILES string of the molecule is CCC1(NCc2ccccc2C(=O)OC)CCC1. The number of hydrogen-bond acceptors (Lipinski definition) is 3. The Morgan fingerprint density at radius 2 is 2.11 bits per heavy atom. The van der Waals surface area contributed by atoms with Gasteiger partial charge in [0, 0.05) is 12.1 Å². The minimum atomic E-state index is -0.258. The van der Waals surface area contributed by atoms with Gasteiger partial charge in [-0.2, -0.15) is 0 Å². The first kappa shape index (κ1) is 13.1. The molecule has 1 aliphatic carbocycles. The number of hydrogen-bond donors (Lipinski definition) is 1. The van der Waals surface area contributed by atoms with Gasteiger partial charge < -0.3 is 10.1 Å². The van der Waals surface area contributed by atoms with Gasteiger partial charge in [-0.25, -0.2) is 4.79 Å². The van der Waals surface area contributed by atoms with Crippen LogP contribution in [0.3, 0.4) is 0 Å². The lowest BCUT2D eigenvalue weighted by molar-refractivity contribution is 0.0598. The minimum Gasteiger partial charge on any atom is -0.465 e. The smallest absolute Gasteiger partial charge is 0.338 e. The number of benzene rings is 1. The van der Waals surface area contributed by atoms with Crippen molar-refractivity contribution in [3.05, 3.63) is 35.4 Å². The molecule has 0 amide bonds. The van der Waals surface area contributed by atoms with Crippen molar-refractivity contribution >= 4 is 5.97 Å². The van der Waals surface area contributed by atoms with Crippen LogP contribution in [0.4, 0.5) is 0 Å². The van der Waals surface area contributed by atoms with Crippen LogP contribution in [0.1, 0.15) is 48.5 Å². The zero-order valence-corrected chi connectivity index (χ0v) is 11.2. The Balaban J connectivity index is 2.07. The topological polar surface area (TPSA) is 38.3 Å². The van der Waals surface area contributed by atoms with Crippen molar-refractivity contribution in [2.45, 2.75) is 44.7 Å². The summed E-state index contributed by atoms with van der Waals surface area (Å²) >= 11 is 0. The first-order chi connectivity index (χ1) is 8.71. The highest BCUT2D eigenvalue weighted by Gasteiger charge is 2.34. The fraction of sp³-hybridized carbons (Fsp3) is 0.533. The standard InChI is InChI=1S/C15H21NO2/c1-3-15(9-6-10-15)16-11-12-7-4-5-8-13(12)14(17)18-2/h4-5,7-8,16H,3,6,9-11H2,1-2H3. The van der Waals surface area contributed by atoms with E-state index in [-0.39, 0.29) is 5.97 Å². The van der Waals surface area contributed by atoms with Gasteiger partial charge in [0.25, 0.3) is 0 Å². The van der Waals surface area contributed by atoms with Crippen LogP contribution in [-0.4, -0.2) is 18.6 Å². The molecule has 0 heterocycles. The molecule has 3 nitrogen and oxygen atoms in total. The number of esters is 1. The van der Waals surface area contributed by atoms with Gasteiger partial charge in [-0.1, -0.05) is 25.1 Å². The Morgan fingerprint density at radius 1 is 1.39 bits per heavy atom. The Bertz CT molecular complexity index is 419. The third-order valence-electron chi connectivity index (χ3n) is 4.06. The van der Waals surface area contributed by atoms with Crippen molar-refractivity contribution in [1.82, 2.24) is 5.32 Å². The highest BCUT2D eigenvalue weighted by molar-refractivity contribution is 5.90. The van der Waals surface area contributed by atoms with Gasteiger partial charge in [-0.05, 0) is 37.3 Å². The lowest BCUT2D eigenvalue weighted by Crippen LogP contribution is -2.50. The maximum atomic E-state index is 11.7. The van der Waals surface area contributed by atoms with E-state index in [9.17, 15) is 4.79 Å². The van der Waals surface area contributed by atoms with E-state index in [1.54, 1.807) is 0 Å². The summed E-state index contributed by atoms with van der Waals surface area (Å²) in [6, 6.07) is 7.64. The summed E-state index contributed by atoms with van der Waals surface area (Å²) in [4.78, 5) is 11.7. The van der Waals surface area contributed by atoms with Crippen LogP contribution in [0.2, 0.25) is 0 Å². The van der Waals surface area contributed by atoms with Crippen molar-refractivity contribution in [3.63, 3.8) is 0 Å². The van der Waals surface area contributed by atoms with Gasteiger partial charge in [-0.3, -0.25) is 0 Å². The molecule has 1 saturated carbocycles.